The Morgan fingerprint density at radius 2 is 1.17 bits per heavy atom. The molecule has 0 bridgehead atoms. The first-order valence-corrected chi connectivity index (χ1v) is 11.6. The van der Waals surface area contributed by atoms with Crippen molar-refractivity contribution in [3.05, 3.63) is 48.0 Å². The molecule has 0 N–H and O–H groups in total. The molecule has 29 heavy (non-hydrogen) atoms. The highest BCUT2D eigenvalue weighted by atomic mass is 16.9. The van der Waals surface area contributed by atoms with E-state index in [-0.39, 0.29) is 0 Å². The first kappa shape index (κ1) is 23.9. The van der Waals surface area contributed by atoms with Gasteiger partial charge >= 0.3 is 0 Å². The van der Waals surface area contributed by atoms with E-state index in [4.69, 9.17) is 14.2 Å². The molecule has 0 heterocycles. The van der Waals surface area contributed by atoms with Crippen LogP contribution in [-0.4, -0.2) is 25.8 Å². The molecule has 0 atom stereocenters. The van der Waals surface area contributed by atoms with Crippen molar-refractivity contribution < 1.29 is 14.2 Å². The van der Waals surface area contributed by atoms with E-state index in [9.17, 15) is 0 Å². The SMILES string of the molecule is CCOC(CCCCCCCCCc1ccc2ccccc2c1)(OCC)OCC. The minimum absolute atomic E-state index is 0.608. The van der Waals surface area contributed by atoms with Gasteiger partial charge in [0.15, 0.2) is 0 Å². The van der Waals surface area contributed by atoms with E-state index in [0.717, 1.165) is 12.8 Å². The second-order valence-electron chi connectivity index (χ2n) is 7.64. The first-order valence-electron chi connectivity index (χ1n) is 11.6. The van der Waals surface area contributed by atoms with Crippen LogP contribution >= 0.6 is 0 Å². The summed E-state index contributed by atoms with van der Waals surface area (Å²) >= 11 is 0. The predicted octanol–water partition coefficient (Wildman–Crippen LogP) is 7.27. The van der Waals surface area contributed by atoms with Gasteiger partial charge in [-0.15, -0.1) is 0 Å². The largest absolute Gasteiger partial charge is 0.328 e. The Kier molecular flexibility index (Phi) is 11.3. The lowest BCUT2D eigenvalue weighted by Gasteiger charge is -2.32. The molecule has 0 aliphatic rings. The third kappa shape index (κ3) is 8.46. The summed E-state index contributed by atoms with van der Waals surface area (Å²) in [6.07, 6.45) is 10.8. The van der Waals surface area contributed by atoms with Gasteiger partial charge in [-0.05, 0) is 56.4 Å². The highest BCUT2D eigenvalue weighted by molar-refractivity contribution is 5.82. The summed E-state index contributed by atoms with van der Waals surface area (Å²) in [4.78, 5) is 0. The van der Waals surface area contributed by atoms with Crippen LogP contribution < -0.4 is 0 Å². The zero-order chi connectivity index (χ0) is 20.8. The van der Waals surface area contributed by atoms with Crippen molar-refractivity contribution >= 4 is 10.8 Å². The molecule has 0 aliphatic carbocycles. The highest BCUT2D eigenvalue weighted by Gasteiger charge is 2.31. The van der Waals surface area contributed by atoms with E-state index >= 15 is 0 Å². The lowest BCUT2D eigenvalue weighted by atomic mass is 10.0. The van der Waals surface area contributed by atoms with Gasteiger partial charge < -0.3 is 14.2 Å². The molecule has 0 spiro atoms. The van der Waals surface area contributed by atoms with Gasteiger partial charge in [-0.2, -0.15) is 0 Å². The molecule has 162 valence electrons. The maximum Gasteiger partial charge on any atom is 0.282 e. The molecular formula is C26H40O3. The third-order valence-corrected chi connectivity index (χ3v) is 5.36. The van der Waals surface area contributed by atoms with Crippen LogP contribution in [0.1, 0.15) is 77.7 Å². The topological polar surface area (TPSA) is 27.7 Å². The van der Waals surface area contributed by atoms with Crippen LogP contribution in [-0.2, 0) is 20.6 Å². The Morgan fingerprint density at radius 1 is 0.621 bits per heavy atom. The number of fused-ring (bicyclic) bond motifs is 1. The zero-order valence-corrected chi connectivity index (χ0v) is 18.8. The summed E-state index contributed by atoms with van der Waals surface area (Å²) in [5.74, 6) is -0.835. The maximum atomic E-state index is 5.79. The summed E-state index contributed by atoms with van der Waals surface area (Å²) < 4.78 is 17.4. The maximum absolute atomic E-state index is 5.79. The predicted molar refractivity (Wildman–Crippen MR) is 122 cm³/mol. The van der Waals surface area contributed by atoms with Crippen molar-refractivity contribution in [2.45, 2.75) is 84.5 Å². The third-order valence-electron chi connectivity index (χ3n) is 5.36. The molecule has 0 aromatic heterocycles. The van der Waals surface area contributed by atoms with Gasteiger partial charge in [-0.3, -0.25) is 0 Å². The van der Waals surface area contributed by atoms with Crippen LogP contribution in [0, 0.1) is 0 Å². The van der Waals surface area contributed by atoms with Gasteiger partial charge in [0.2, 0.25) is 0 Å². The summed E-state index contributed by atoms with van der Waals surface area (Å²) in [5.41, 5.74) is 1.46. The normalized spacial score (nSPS) is 12.0. The van der Waals surface area contributed by atoms with Crippen molar-refractivity contribution in [3.63, 3.8) is 0 Å². The molecular weight excluding hydrogens is 360 g/mol. The monoisotopic (exact) mass is 400 g/mol. The second-order valence-corrected chi connectivity index (χ2v) is 7.64. The second kappa shape index (κ2) is 13.7. The average molecular weight is 401 g/mol. The van der Waals surface area contributed by atoms with Gasteiger partial charge in [-0.1, -0.05) is 74.6 Å². The first-order chi connectivity index (χ1) is 14.2. The van der Waals surface area contributed by atoms with E-state index < -0.39 is 5.97 Å². The summed E-state index contributed by atoms with van der Waals surface area (Å²) in [7, 11) is 0. The fourth-order valence-electron chi connectivity index (χ4n) is 3.95. The molecule has 2 aromatic carbocycles. The zero-order valence-electron chi connectivity index (χ0n) is 18.8. The molecule has 0 saturated carbocycles. The average Bonchev–Trinajstić information content (AvgIpc) is 2.73. The minimum atomic E-state index is -0.835. The fraction of sp³-hybridized carbons (Fsp3) is 0.615. The van der Waals surface area contributed by atoms with Crippen molar-refractivity contribution in [2.24, 2.45) is 0 Å². The van der Waals surface area contributed by atoms with Gasteiger partial charge in [0.05, 0.1) is 0 Å². The Morgan fingerprint density at radius 3 is 1.79 bits per heavy atom. The summed E-state index contributed by atoms with van der Waals surface area (Å²) in [5, 5.41) is 2.69. The van der Waals surface area contributed by atoms with Gasteiger partial charge in [0, 0.05) is 26.2 Å². The van der Waals surface area contributed by atoms with E-state index in [0.29, 0.717) is 19.8 Å². The van der Waals surface area contributed by atoms with Gasteiger partial charge in [0.25, 0.3) is 5.97 Å². The van der Waals surface area contributed by atoms with Crippen LogP contribution in [0.5, 0.6) is 0 Å². The molecule has 0 saturated heterocycles. The molecule has 0 amide bonds. The molecule has 0 aliphatic heterocycles. The summed E-state index contributed by atoms with van der Waals surface area (Å²) in [6.45, 7) is 7.80. The molecule has 3 nitrogen and oxygen atoms in total. The molecule has 0 radical (unpaired) electrons. The molecule has 0 fully saturated rings. The fourth-order valence-corrected chi connectivity index (χ4v) is 3.95. The van der Waals surface area contributed by atoms with E-state index in [1.54, 1.807) is 0 Å². The highest BCUT2D eigenvalue weighted by Crippen LogP contribution is 2.24. The smallest absolute Gasteiger partial charge is 0.282 e. The standard InChI is InChI=1S/C26H40O3/c1-4-27-26(28-5-2,29-6-3)21-15-11-9-7-8-10-12-16-23-19-20-24-17-13-14-18-25(24)22-23/h13-14,17-20,22H,4-12,15-16,21H2,1-3H3. The van der Waals surface area contributed by atoms with Gasteiger partial charge in [-0.25, -0.2) is 0 Å². The molecule has 3 heteroatoms. The van der Waals surface area contributed by atoms with E-state index in [2.05, 4.69) is 42.5 Å². The Labute approximate surface area is 177 Å². The van der Waals surface area contributed by atoms with E-state index in [1.165, 1.54) is 61.3 Å². The van der Waals surface area contributed by atoms with Crippen molar-refractivity contribution in [1.29, 1.82) is 0 Å². The number of hydrogen-bond acceptors (Lipinski definition) is 3. The number of unbranched alkanes of at least 4 members (excludes halogenated alkanes) is 6. The van der Waals surface area contributed by atoms with Crippen molar-refractivity contribution in [2.75, 3.05) is 19.8 Å². The van der Waals surface area contributed by atoms with Crippen LogP contribution in [0.4, 0.5) is 0 Å². The molecule has 2 rings (SSSR count). The van der Waals surface area contributed by atoms with Crippen molar-refractivity contribution in [3.8, 4) is 0 Å². The van der Waals surface area contributed by atoms with Crippen LogP contribution in [0.3, 0.4) is 0 Å². The number of rotatable bonds is 16. The molecule has 2 aromatic rings. The number of benzene rings is 2. The number of ether oxygens (including phenoxy) is 3. The van der Waals surface area contributed by atoms with E-state index in [1.807, 2.05) is 20.8 Å². The van der Waals surface area contributed by atoms with Gasteiger partial charge in [0.1, 0.15) is 0 Å². The summed E-state index contributed by atoms with van der Waals surface area (Å²) in [6, 6.07) is 15.5. The minimum Gasteiger partial charge on any atom is -0.328 e. The Bertz CT molecular complexity index is 665. The number of hydrogen-bond donors (Lipinski definition) is 0. The van der Waals surface area contributed by atoms with Crippen LogP contribution in [0.25, 0.3) is 10.8 Å². The number of aryl methyl sites for hydroxylation is 1. The lowest BCUT2D eigenvalue weighted by molar-refractivity contribution is -0.380. The van der Waals surface area contributed by atoms with Crippen LogP contribution in [0.2, 0.25) is 0 Å². The van der Waals surface area contributed by atoms with Crippen molar-refractivity contribution in [1.82, 2.24) is 0 Å². The Hall–Kier alpha value is -1.42. The van der Waals surface area contributed by atoms with Crippen LogP contribution in [0.15, 0.2) is 42.5 Å². The quantitative estimate of drug-likeness (QED) is 0.219. The Balaban J connectivity index is 1.57. The lowest BCUT2D eigenvalue weighted by Crippen LogP contribution is -2.39. The molecule has 0 unspecified atom stereocenters.